The molecule has 1 atom stereocenters. The summed E-state index contributed by atoms with van der Waals surface area (Å²) in [4.78, 5) is 10.1. The highest BCUT2D eigenvalue weighted by Gasteiger charge is 2.43. The topological polar surface area (TPSA) is 83.8 Å². The number of alkyl halides is 5. The number of hydrogen-bond donors (Lipinski definition) is 1. The number of piperidine rings is 1. The quantitative estimate of drug-likeness (QED) is 0.635. The molecule has 1 aromatic carbocycles. The normalized spacial score (nSPS) is 18.9. The van der Waals surface area contributed by atoms with Crippen LogP contribution in [0, 0.1) is 11.3 Å². The Hall–Kier alpha value is -3.26. The molecule has 1 fully saturated rings. The molecular weight excluding hydrogens is 419 g/mol. The van der Waals surface area contributed by atoms with Crippen LogP contribution in [-0.2, 0) is 12.7 Å². The molecule has 6 nitrogen and oxygen atoms in total. The van der Waals surface area contributed by atoms with E-state index in [2.05, 4.69) is 9.97 Å². The predicted molar refractivity (Wildman–Crippen MR) is 103 cm³/mol. The van der Waals surface area contributed by atoms with Gasteiger partial charge in [0.15, 0.2) is 0 Å². The molecule has 0 aliphatic carbocycles. The van der Waals surface area contributed by atoms with E-state index < -0.39 is 30.1 Å². The lowest BCUT2D eigenvalue weighted by Crippen LogP contribution is -2.55. The lowest BCUT2D eigenvalue weighted by molar-refractivity contribution is -0.137. The number of nitrogens with zero attached hydrogens (tertiary/aromatic N) is 5. The Morgan fingerprint density at radius 2 is 2.00 bits per heavy atom. The van der Waals surface area contributed by atoms with Crippen molar-refractivity contribution in [2.75, 3.05) is 18.0 Å². The number of fused-ring (bicyclic) bond motifs is 1. The van der Waals surface area contributed by atoms with E-state index in [0.717, 1.165) is 12.1 Å². The summed E-state index contributed by atoms with van der Waals surface area (Å²) in [7, 11) is 0. The Labute approximate surface area is 173 Å². The van der Waals surface area contributed by atoms with Crippen molar-refractivity contribution in [2.45, 2.75) is 31.1 Å². The molecule has 0 amide bonds. The fourth-order valence-electron chi connectivity index (χ4n) is 3.54. The standard InChI is InChI=1S/C20H17F5N6/c21-19(22)5-6-30(11-17(19)27)18-29-15-4-2-13(20(23,24)25)7-16(15)31(18)10-14-3-1-12(8-26)9-28-14/h1-4,7,9,17H,5-6,10-11,27H2/t17-/m1/s1. The zero-order valence-electron chi connectivity index (χ0n) is 16.1. The maximum atomic E-state index is 13.9. The molecule has 0 unspecified atom stereocenters. The zero-order valence-corrected chi connectivity index (χ0v) is 16.1. The van der Waals surface area contributed by atoms with Gasteiger partial charge in [0.1, 0.15) is 6.07 Å². The highest BCUT2D eigenvalue weighted by atomic mass is 19.4. The third-order valence-electron chi connectivity index (χ3n) is 5.29. The van der Waals surface area contributed by atoms with Gasteiger partial charge >= 0.3 is 6.18 Å². The first-order valence-corrected chi connectivity index (χ1v) is 9.39. The summed E-state index contributed by atoms with van der Waals surface area (Å²) in [5, 5.41) is 8.92. The molecule has 4 rings (SSSR count). The second-order valence-corrected chi connectivity index (χ2v) is 7.41. The smallest absolute Gasteiger partial charge is 0.340 e. The molecule has 3 heterocycles. The largest absolute Gasteiger partial charge is 0.416 e. The van der Waals surface area contributed by atoms with Crippen molar-refractivity contribution in [1.82, 2.24) is 14.5 Å². The van der Waals surface area contributed by atoms with Crippen molar-refractivity contribution in [3.63, 3.8) is 0 Å². The van der Waals surface area contributed by atoms with Crippen LogP contribution in [0.15, 0.2) is 36.5 Å². The number of benzene rings is 1. The molecule has 0 bridgehead atoms. The van der Waals surface area contributed by atoms with Crippen LogP contribution in [-0.4, -0.2) is 39.6 Å². The summed E-state index contributed by atoms with van der Waals surface area (Å²) in [6.45, 7) is -0.193. The van der Waals surface area contributed by atoms with Gasteiger partial charge < -0.3 is 15.2 Å². The van der Waals surface area contributed by atoms with Gasteiger partial charge in [-0.05, 0) is 30.3 Å². The van der Waals surface area contributed by atoms with Gasteiger partial charge in [-0.2, -0.15) is 18.4 Å². The molecule has 2 N–H and O–H groups in total. The van der Waals surface area contributed by atoms with Gasteiger partial charge in [0.2, 0.25) is 5.95 Å². The Morgan fingerprint density at radius 1 is 1.23 bits per heavy atom. The number of pyridine rings is 1. The van der Waals surface area contributed by atoms with E-state index >= 15 is 0 Å². The molecule has 1 aliphatic rings. The summed E-state index contributed by atoms with van der Waals surface area (Å²) in [6.07, 6.45) is -3.68. The lowest BCUT2D eigenvalue weighted by atomic mass is 10.0. The first-order chi connectivity index (χ1) is 14.6. The van der Waals surface area contributed by atoms with Gasteiger partial charge in [-0.3, -0.25) is 4.98 Å². The van der Waals surface area contributed by atoms with Crippen LogP contribution in [0.4, 0.5) is 27.9 Å². The highest BCUT2D eigenvalue weighted by Crippen LogP contribution is 2.35. The van der Waals surface area contributed by atoms with Gasteiger partial charge in [-0.1, -0.05) is 0 Å². The maximum Gasteiger partial charge on any atom is 0.416 e. The van der Waals surface area contributed by atoms with Crippen LogP contribution >= 0.6 is 0 Å². The van der Waals surface area contributed by atoms with Crippen molar-refractivity contribution in [3.05, 3.63) is 53.3 Å². The zero-order chi connectivity index (χ0) is 22.4. The van der Waals surface area contributed by atoms with Crippen LogP contribution < -0.4 is 10.6 Å². The van der Waals surface area contributed by atoms with Crippen molar-refractivity contribution in [3.8, 4) is 6.07 Å². The summed E-state index contributed by atoms with van der Waals surface area (Å²) in [6, 6.07) is 6.81. The van der Waals surface area contributed by atoms with Gasteiger partial charge in [0, 0.05) is 25.7 Å². The highest BCUT2D eigenvalue weighted by molar-refractivity contribution is 5.80. The van der Waals surface area contributed by atoms with E-state index in [0.29, 0.717) is 16.8 Å². The molecule has 0 saturated carbocycles. The Morgan fingerprint density at radius 3 is 2.61 bits per heavy atom. The lowest BCUT2D eigenvalue weighted by Gasteiger charge is -2.37. The predicted octanol–water partition coefficient (Wildman–Crippen LogP) is 3.54. The first kappa shape index (κ1) is 21.0. The van der Waals surface area contributed by atoms with Gasteiger partial charge in [0.25, 0.3) is 5.92 Å². The van der Waals surface area contributed by atoms with Crippen molar-refractivity contribution < 1.29 is 22.0 Å². The fourth-order valence-corrected chi connectivity index (χ4v) is 3.54. The molecule has 31 heavy (non-hydrogen) atoms. The Balaban J connectivity index is 1.80. The van der Waals surface area contributed by atoms with E-state index in [-0.39, 0.29) is 31.1 Å². The third-order valence-corrected chi connectivity index (χ3v) is 5.29. The van der Waals surface area contributed by atoms with Crippen LogP contribution in [0.5, 0.6) is 0 Å². The van der Waals surface area contributed by atoms with Crippen molar-refractivity contribution in [2.24, 2.45) is 5.73 Å². The van der Waals surface area contributed by atoms with Crippen LogP contribution in [0.2, 0.25) is 0 Å². The molecule has 162 valence electrons. The van der Waals surface area contributed by atoms with E-state index in [4.69, 9.17) is 11.0 Å². The maximum absolute atomic E-state index is 13.9. The van der Waals surface area contributed by atoms with Crippen molar-refractivity contribution in [1.29, 1.82) is 5.26 Å². The van der Waals surface area contributed by atoms with Crippen LogP contribution in [0.25, 0.3) is 11.0 Å². The number of anilines is 1. The second-order valence-electron chi connectivity index (χ2n) is 7.41. The third kappa shape index (κ3) is 4.03. The van der Waals surface area contributed by atoms with Crippen molar-refractivity contribution >= 4 is 17.0 Å². The number of hydrogen-bond acceptors (Lipinski definition) is 5. The molecule has 3 aromatic rings. The summed E-state index contributed by atoms with van der Waals surface area (Å²) in [5.74, 6) is -2.78. The molecule has 1 aliphatic heterocycles. The average molecular weight is 436 g/mol. The number of halogens is 5. The number of nitrogens with two attached hydrogens (primary N) is 1. The van der Waals surface area contributed by atoms with E-state index in [1.807, 2.05) is 6.07 Å². The minimum atomic E-state index is -4.55. The molecule has 11 heteroatoms. The van der Waals surface area contributed by atoms with Crippen LogP contribution in [0.3, 0.4) is 0 Å². The average Bonchev–Trinajstić information content (AvgIpc) is 3.07. The van der Waals surface area contributed by atoms with Gasteiger partial charge in [0.05, 0.1) is 40.4 Å². The van der Waals surface area contributed by atoms with E-state index in [9.17, 15) is 22.0 Å². The number of aromatic nitrogens is 3. The SMILES string of the molecule is N#Cc1ccc(Cn2c(N3CCC(F)(F)[C@H](N)C3)nc3ccc(C(F)(F)F)cc32)nc1. The minimum absolute atomic E-state index is 0.0426. The van der Waals surface area contributed by atoms with E-state index in [1.165, 1.54) is 16.8 Å². The van der Waals surface area contributed by atoms with E-state index in [1.54, 1.807) is 17.0 Å². The molecule has 0 radical (unpaired) electrons. The number of imidazole rings is 1. The minimum Gasteiger partial charge on any atom is -0.340 e. The monoisotopic (exact) mass is 436 g/mol. The first-order valence-electron chi connectivity index (χ1n) is 9.39. The summed E-state index contributed by atoms with van der Waals surface area (Å²) < 4.78 is 69.0. The summed E-state index contributed by atoms with van der Waals surface area (Å²) in [5.41, 5.74) is 6.09. The second kappa shape index (κ2) is 7.46. The molecule has 0 spiro atoms. The molecule has 2 aromatic heterocycles. The molecule has 1 saturated heterocycles. The van der Waals surface area contributed by atoms with Gasteiger partial charge in [-0.25, -0.2) is 13.8 Å². The Bertz CT molecular complexity index is 1150. The number of nitriles is 1. The van der Waals surface area contributed by atoms with Crippen LogP contribution in [0.1, 0.15) is 23.2 Å². The fraction of sp³-hybridized carbons (Fsp3) is 0.350. The number of rotatable bonds is 3. The molecular formula is C20H17F5N6. The van der Waals surface area contributed by atoms with Gasteiger partial charge in [-0.15, -0.1) is 0 Å². The Kier molecular flexibility index (Phi) is 5.05. The summed E-state index contributed by atoms with van der Waals surface area (Å²) >= 11 is 0.